The SMILES string of the molecule is Cc1nc(NS(=O)(=O)c2cc(Br)cnc2Cl)ccc1Br. The highest BCUT2D eigenvalue weighted by molar-refractivity contribution is 9.10. The van der Waals surface area contributed by atoms with E-state index in [0.717, 1.165) is 4.47 Å². The van der Waals surface area contributed by atoms with E-state index in [-0.39, 0.29) is 15.9 Å². The van der Waals surface area contributed by atoms with Crippen molar-refractivity contribution in [1.29, 1.82) is 0 Å². The van der Waals surface area contributed by atoms with Crippen LogP contribution in [0.3, 0.4) is 0 Å². The van der Waals surface area contributed by atoms with Crippen LogP contribution in [0.5, 0.6) is 0 Å². The fourth-order valence-electron chi connectivity index (χ4n) is 1.39. The largest absolute Gasteiger partial charge is 0.266 e. The Balaban J connectivity index is 2.40. The van der Waals surface area contributed by atoms with Gasteiger partial charge in [0.15, 0.2) is 0 Å². The van der Waals surface area contributed by atoms with E-state index in [2.05, 4.69) is 46.5 Å². The molecule has 20 heavy (non-hydrogen) atoms. The molecule has 1 N–H and O–H groups in total. The molecule has 0 aromatic carbocycles. The number of nitrogens with zero attached hydrogens (tertiary/aromatic N) is 2. The number of hydrogen-bond donors (Lipinski definition) is 1. The lowest BCUT2D eigenvalue weighted by molar-refractivity contribution is 0.600. The molecule has 0 spiro atoms. The van der Waals surface area contributed by atoms with Gasteiger partial charge < -0.3 is 0 Å². The number of anilines is 1. The van der Waals surface area contributed by atoms with Gasteiger partial charge in [0.1, 0.15) is 15.9 Å². The van der Waals surface area contributed by atoms with E-state index >= 15 is 0 Å². The Kier molecular flexibility index (Phi) is 4.68. The molecule has 0 bridgehead atoms. The predicted molar refractivity (Wildman–Crippen MR) is 84.4 cm³/mol. The van der Waals surface area contributed by atoms with E-state index in [9.17, 15) is 8.42 Å². The lowest BCUT2D eigenvalue weighted by atomic mass is 10.4. The first-order valence-electron chi connectivity index (χ1n) is 5.26. The van der Waals surface area contributed by atoms with Crippen LogP contribution in [-0.2, 0) is 10.0 Å². The van der Waals surface area contributed by atoms with E-state index in [1.54, 1.807) is 19.1 Å². The Morgan fingerprint density at radius 3 is 2.65 bits per heavy atom. The summed E-state index contributed by atoms with van der Waals surface area (Å²) in [6.45, 7) is 1.76. The fraction of sp³-hybridized carbons (Fsp3) is 0.0909. The van der Waals surface area contributed by atoms with Gasteiger partial charge in [-0.3, -0.25) is 4.72 Å². The van der Waals surface area contributed by atoms with Crippen LogP contribution in [0, 0.1) is 6.92 Å². The average Bonchev–Trinajstić information content (AvgIpc) is 2.36. The summed E-state index contributed by atoms with van der Waals surface area (Å²) in [7, 11) is -3.85. The molecular formula is C11H8Br2ClN3O2S. The molecule has 0 saturated carbocycles. The topological polar surface area (TPSA) is 72.0 Å². The van der Waals surface area contributed by atoms with Gasteiger partial charge in [-0.15, -0.1) is 0 Å². The summed E-state index contributed by atoms with van der Waals surface area (Å²) in [5, 5.41) is -0.102. The van der Waals surface area contributed by atoms with Gasteiger partial charge in [-0.25, -0.2) is 18.4 Å². The van der Waals surface area contributed by atoms with Crippen LogP contribution in [-0.4, -0.2) is 18.4 Å². The number of aryl methyl sites for hydroxylation is 1. The average molecular weight is 442 g/mol. The number of halogens is 3. The molecule has 0 atom stereocenters. The molecule has 0 unspecified atom stereocenters. The molecule has 2 rings (SSSR count). The van der Waals surface area contributed by atoms with Gasteiger partial charge in [-0.05, 0) is 57.0 Å². The minimum Gasteiger partial charge on any atom is -0.263 e. The summed E-state index contributed by atoms with van der Waals surface area (Å²) in [6, 6.07) is 4.64. The number of hydrogen-bond acceptors (Lipinski definition) is 4. The number of rotatable bonds is 3. The number of pyridine rings is 2. The second-order valence-corrected chi connectivity index (χ2v) is 7.59. The highest BCUT2D eigenvalue weighted by Gasteiger charge is 2.20. The molecule has 0 saturated heterocycles. The number of aromatic nitrogens is 2. The molecule has 0 aliphatic carbocycles. The summed E-state index contributed by atoms with van der Waals surface area (Å²) in [5.74, 6) is 0.210. The van der Waals surface area contributed by atoms with Gasteiger partial charge in [-0.1, -0.05) is 11.6 Å². The van der Waals surface area contributed by atoms with E-state index < -0.39 is 10.0 Å². The highest BCUT2D eigenvalue weighted by atomic mass is 79.9. The molecule has 0 radical (unpaired) electrons. The monoisotopic (exact) mass is 439 g/mol. The summed E-state index contributed by atoms with van der Waals surface area (Å²) < 4.78 is 28.2. The van der Waals surface area contributed by atoms with Crippen LogP contribution in [0.15, 0.2) is 38.2 Å². The molecule has 2 aromatic rings. The summed E-state index contributed by atoms with van der Waals surface area (Å²) in [4.78, 5) is 7.80. The van der Waals surface area contributed by atoms with Crippen molar-refractivity contribution in [3.8, 4) is 0 Å². The number of sulfonamides is 1. The highest BCUT2D eigenvalue weighted by Crippen LogP contribution is 2.25. The standard InChI is InChI=1S/C11H8Br2ClN3O2S/c1-6-8(13)2-3-10(16-6)17-20(18,19)9-4-7(12)5-15-11(9)14/h2-5H,1H3,(H,16,17). The Hall–Kier alpha value is -0.700. The second kappa shape index (κ2) is 5.97. The van der Waals surface area contributed by atoms with E-state index in [0.29, 0.717) is 10.2 Å². The first-order valence-corrected chi connectivity index (χ1v) is 8.71. The zero-order valence-electron chi connectivity index (χ0n) is 10.1. The van der Waals surface area contributed by atoms with E-state index in [4.69, 9.17) is 11.6 Å². The van der Waals surface area contributed by atoms with Crippen LogP contribution in [0.1, 0.15) is 5.69 Å². The first kappa shape index (κ1) is 15.7. The third kappa shape index (κ3) is 3.49. The zero-order valence-corrected chi connectivity index (χ0v) is 14.8. The Bertz CT molecular complexity index is 768. The molecule has 2 heterocycles. The maximum absolute atomic E-state index is 12.3. The van der Waals surface area contributed by atoms with E-state index in [1.807, 2.05) is 0 Å². The maximum Gasteiger partial charge on any atom is 0.266 e. The summed E-state index contributed by atoms with van der Waals surface area (Å²) in [5.41, 5.74) is 0.670. The molecule has 0 fully saturated rings. The van der Waals surface area contributed by atoms with Gasteiger partial charge in [0.05, 0.1) is 5.69 Å². The third-order valence-corrected chi connectivity index (χ3v) is 5.38. The van der Waals surface area contributed by atoms with Crippen molar-refractivity contribution < 1.29 is 8.42 Å². The molecule has 0 aliphatic rings. The van der Waals surface area contributed by atoms with Crippen LogP contribution in [0.25, 0.3) is 0 Å². The molecule has 106 valence electrons. The molecule has 5 nitrogen and oxygen atoms in total. The normalized spacial score (nSPS) is 11.4. The minimum absolute atomic E-state index is 0.102. The van der Waals surface area contributed by atoms with Crippen molar-refractivity contribution in [2.45, 2.75) is 11.8 Å². The zero-order chi connectivity index (χ0) is 14.9. The Morgan fingerprint density at radius 2 is 2.00 bits per heavy atom. The van der Waals surface area contributed by atoms with E-state index in [1.165, 1.54) is 12.3 Å². The van der Waals surface area contributed by atoms with Crippen molar-refractivity contribution >= 4 is 59.3 Å². The van der Waals surface area contributed by atoms with Crippen LogP contribution < -0.4 is 4.72 Å². The van der Waals surface area contributed by atoms with Gasteiger partial charge in [0.25, 0.3) is 10.0 Å². The smallest absolute Gasteiger partial charge is 0.263 e. The number of nitrogens with one attached hydrogen (secondary N) is 1. The lowest BCUT2D eigenvalue weighted by Crippen LogP contribution is -2.15. The quantitative estimate of drug-likeness (QED) is 0.736. The molecule has 0 amide bonds. The predicted octanol–water partition coefficient (Wildman–Crippen LogP) is 3.76. The molecule has 0 aliphatic heterocycles. The Morgan fingerprint density at radius 1 is 1.30 bits per heavy atom. The lowest BCUT2D eigenvalue weighted by Gasteiger charge is -2.09. The molecule has 9 heteroatoms. The van der Waals surface area contributed by atoms with Crippen molar-refractivity contribution in [2.24, 2.45) is 0 Å². The fourth-order valence-corrected chi connectivity index (χ4v) is 3.55. The van der Waals surface area contributed by atoms with Gasteiger partial charge in [-0.2, -0.15) is 0 Å². The van der Waals surface area contributed by atoms with Crippen molar-refractivity contribution in [3.63, 3.8) is 0 Å². The Labute approximate surface area is 138 Å². The van der Waals surface area contributed by atoms with Gasteiger partial charge in [0, 0.05) is 15.1 Å². The van der Waals surface area contributed by atoms with Crippen LogP contribution >= 0.6 is 43.5 Å². The van der Waals surface area contributed by atoms with Crippen molar-refractivity contribution in [2.75, 3.05) is 4.72 Å². The van der Waals surface area contributed by atoms with Crippen LogP contribution in [0.4, 0.5) is 5.82 Å². The van der Waals surface area contributed by atoms with Gasteiger partial charge >= 0.3 is 0 Å². The first-order chi connectivity index (χ1) is 9.29. The van der Waals surface area contributed by atoms with Crippen LogP contribution in [0.2, 0.25) is 5.15 Å². The summed E-state index contributed by atoms with van der Waals surface area (Å²) in [6.07, 6.45) is 1.42. The third-order valence-electron chi connectivity index (χ3n) is 2.32. The molecular weight excluding hydrogens is 433 g/mol. The van der Waals surface area contributed by atoms with Crippen molar-refractivity contribution in [3.05, 3.63) is 44.2 Å². The molecule has 2 aromatic heterocycles. The second-order valence-electron chi connectivity index (χ2n) is 3.81. The summed E-state index contributed by atoms with van der Waals surface area (Å²) >= 11 is 12.3. The van der Waals surface area contributed by atoms with Gasteiger partial charge in [0.2, 0.25) is 0 Å². The van der Waals surface area contributed by atoms with Crippen molar-refractivity contribution in [1.82, 2.24) is 9.97 Å². The maximum atomic E-state index is 12.3. The minimum atomic E-state index is -3.85.